The number of benzene rings is 2. The second-order valence-electron chi connectivity index (χ2n) is 12.3. The first kappa shape index (κ1) is 36.2. The second kappa shape index (κ2) is 16.1. The summed E-state index contributed by atoms with van der Waals surface area (Å²) in [7, 11) is 4.66. The van der Waals surface area contributed by atoms with E-state index in [4.69, 9.17) is 14.2 Å². The number of aryl methyl sites for hydroxylation is 1. The van der Waals surface area contributed by atoms with E-state index in [1.54, 1.807) is 57.4 Å². The molecule has 1 aliphatic carbocycles. The third-order valence-electron chi connectivity index (χ3n) is 8.63. The monoisotopic (exact) mass is 700 g/mol. The minimum atomic E-state index is -0.712. The third-order valence-corrected chi connectivity index (χ3v) is 9.28. The van der Waals surface area contributed by atoms with Gasteiger partial charge < -0.3 is 30.2 Å². The predicted octanol–water partition coefficient (Wildman–Crippen LogP) is 5.94. The highest BCUT2D eigenvalue weighted by Gasteiger charge is 2.30. The van der Waals surface area contributed by atoms with Gasteiger partial charge in [-0.05, 0) is 90.4 Å². The maximum atomic E-state index is 13.9. The van der Waals surface area contributed by atoms with Gasteiger partial charge in [-0.2, -0.15) is 16.9 Å². The van der Waals surface area contributed by atoms with Gasteiger partial charge in [-0.25, -0.2) is 4.98 Å². The van der Waals surface area contributed by atoms with Crippen molar-refractivity contribution in [3.8, 4) is 39.8 Å². The van der Waals surface area contributed by atoms with Crippen LogP contribution in [0.4, 0.5) is 11.4 Å². The number of fused-ring (bicyclic) bond motifs is 3. The highest BCUT2D eigenvalue weighted by molar-refractivity contribution is 7.98. The summed E-state index contributed by atoms with van der Waals surface area (Å²) < 4.78 is 17.2. The van der Waals surface area contributed by atoms with Gasteiger partial charge in [0.2, 0.25) is 23.0 Å². The topological polar surface area (TPSA) is 157 Å². The lowest BCUT2D eigenvalue weighted by Gasteiger charge is -2.19. The summed E-state index contributed by atoms with van der Waals surface area (Å²) in [5.74, 6) is 3.22. The van der Waals surface area contributed by atoms with Gasteiger partial charge in [-0.15, -0.1) is 0 Å². The summed E-state index contributed by atoms with van der Waals surface area (Å²) in [5.41, 5.74) is 4.38. The SMILES string of the molecule is COc1cc2c(c(OC)c1OC)-c1ccc(N[C@@H](CCSC)C(=O)Nc3ccc(-c4n[nH]c(C(C)C)n4)cc3)c(=O)cc1[C@@H](NC(C)=O)CC2. The zero-order valence-electron chi connectivity index (χ0n) is 29.4. The summed E-state index contributed by atoms with van der Waals surface area (Å²) in [6.45, 7) is 5.54. The van der Waals surface area contributed by atoms with Crippen molar-refractivity contribution in [2.75, 3.05) is 44.0 Å². The van der Waals surface area contributed by atoms with E-state index in [1.165, 1.54) is 6.92 Å². The van der Waals surface area contributed by atoms with Gasteiger partial charge in [0.25, 0.3) is 0 Å². The largest absolute Gasteiger partial charge is 0.493 e. The average molecular weight is 701 g/mol. The molecule has 2 amide bonds. The van der Waals surface area contributed by atoms with Crippen molar-refractivity contribution in [3.05, 3.63) is 75.7 Å². The number of aromatic nitrogens is 3. The molecule has 0 radical (unpaired) electrons. The van der Waals surface area contributed by atoms with Crippen LogP contribution >= 0.6 is 11.8 Å². The molecule has 0 unspecified atom stereocenters. The number of ether oxygens (including phenoxy) is 3. The van der Waals surface area contributed by atoms with Crippen LogP contribution in [0.5, 0.6) is 17.2 Å². The molecule has 5 rings (SSSR count). The van der Waals surface area contributed by atoms with Crippen LogP contribution in [0.25, 0.3) is 22.5 Å². The molecule has 4 aromatic rings. The Hall–Kier alpha value is -5.04. The Balaban J connectivity index is 1.49. The molecule has 0 bridgehead atoms. The summed E-state index contributed by atoms with van der Waals surface area (Å²) in [6, 6.07) is 13.1. The fourth-order valence-electron chi connectivity index (χ4n) is 6.11. The van der Waals surface area contributed by atoms with E-state index in [0.29, 0.717) is 64.9 Å². The number of aromatic amines is 1. The van der Waals surface area contributed by atoms with Crippen LogP contribution in [0.1, 0.15) is 62.5 Å². The molecule has 2 atom stereocenters. The maximum Gasteiger partial charge on any atom is 0.246 e. The van der Waals surface area contributed by atoms with Crippen LogP contribution in [-0.2, 0) is 16.0 Å². The molecule has 13 heteroatoms. The minimum absolute atomic E-state index is 0.214. The number of carbonyl (C=O) groups is 2. The number of nitrogens with zero attached hydrogens (tertiary/aromatic N) is 2. The van der Waals surface area contributed by atoms with Crippen molar-refractivity contribution in [2.24, 2.45) is 0 Å². The molecule has 1 aromatic heterocycles. The molecule has 264 valence electrons. The van der Waals surface area contributed by atoms with E-state index in [1.807, 2.05) is 44.4 Å². The van der Waals surface area contributed by atoms with Crippen LogP contribution in [0.2, 0.25) is 0 Å². The van der Waals surface area contributed by atoms with Crippen molar-refractivity contribution in [3.63, 3.8) is 0 Å². The normalized spacial score (nSPS) is 14.1. The molecule has 1 heterocycles. The molecule has 1 aliphatic rings. The molecular formula is C37H44N6O6S. The quantitative estimate of drug-likeness (QED) is 0.132. The number of hydrogen-bond donors (Lipinski definition) is 4. The number of thioether (sulfide) groups is 1. The highest BCUT2D eigenvalue weighted by Crippen LogP contribution is 2.50. The van der Waals surface area contributed by atoms with Crippen LogP contribution in [0, 0.1) is 0 Å². The van der Waals surface area contributed by atoms with E-state index >= 15 is 0 Å². The van der Waals surface area contributed by atoms with Crippen molar-refractivity contribution in [2.45, 2.75) is 58.0 Å². The van der Waals surface area contributed by atoms with E-state index in [-0.39, 0.29) is 28.8 Å². The number of anilines is 2. The lowest BCUT2D eigenvalue weighted by Crippen LogP contribution is -2.36. The summed E-state index contributed by atoms with van der Waals surface area (Å²) in [5, 5.41) is 16.5. The zero-order valence-corrected chi connectivity index (χ0v) is 30.2. The van der Waals surface area contributed by atoms with Crippen molar-refractivity contribution >= 4 is 35.0 Å². The van der Waals surface area contributed by atoms with Gasteiger partial charge in [0.05, 0.1) is 33.1 Å². The molecule has 50 heavy (non-hydrogen) atoms. The molecule has 0 fully saturated rings. The number of hydrogen-bond acceptors (Lipinski definition) is 10. The first-order valence-electron chi connectivity index (χ1n) is 16.4. The molecule has 4 N–H and O–H groups in total. The van der Waals surface area contributed by atoms with Gasteiger partial charge >= 0.3 is 0 Å². The summed E-state index contributed by atoms with van der Waals surface area (Å²) >= 11 is 1.61. The molecule has 3 aromatic carbocycles. The lowest BCUT2D eigenvalue weighted by atomic mass is 9.95. The third kappa shape index (κ3) is 7.88. The molecular weight excluding hydrogens is 657 g/mol. The Morgan fingerprint density at radius 3 is 2.38 bits per heavy atom. The van der Waals surface area contributed by atoms with Gasteiger partial charge in [0.15, 0.2) is 17.3 Å². The predicted molar refractivity (Wildman–Crippen MR) is 198 cm³/mol. The van der Waals surface area contributed by atoms with E-state index in [9.17, 15) is 14.4 Å². The number of nitrogens with one attached hydrogen (secondary N) is 4. The van der Waals surface area contributed by atoms with Gasteiger partial charge in [-0.3, -0.25) is 19.5 Å². The molecule has 0 aliphatic heterocycles. The van der Waals surface area contributed by atoms with Gasteiger partial charge in [0, 0.05) is 29.7 Å². The van der Waals surface area contributed by atoms with Crippen molar-refractivity contribution in [1.29, 1.82) is 0 Å². The number of rotatable bonds is 13. The molecule has 12 nitrogen and oxygen atoms in total. The average Bonchev–Trinajstić information content (AvgIpc) is 3.49. The fourth-order valence-corrected chi connectivity index (χ4v) is 6.58. The zero-order chi connectivity index (χ0) is 35.9. The number of carbonyl (C=O) groups excluding carboxylic acids is 2. The number of methoxy groups -OCH3 is 3. The Kier molecular flexibility index (Phi) is 11.7. The van der Waals surface area contributed by atoms with E-state index < -0.39 is 12.1 Å². The van der Waals surface area contributed by atoms with Crippen molar-refractivity contribution < 1.29 is 23.8 Å². The Labute approximate surface area is 296 Å². The fraction of sp³-hybridized carbons (Fsp3) is 0.378. The summed E-state index contributed by atoms with van der Waals surface area (Å²) in [6.07, 6.45) is 3.57. The van der Waals surface area contributed by atoms with E-state index in [0.717, 1.165) is 22.5 Å². The molecule has 0 spiro atoms. The summed E-state index contributed by atoms with van der Waals surface area (Å²) in [4.78, 5) is 44.5. The second-order valence-corrected chi connectivity index (χ2v) is 13.3. The smallest absolute Gasteiger partial charge is 0.246 e. The van der Waals surface area contributed by atoms with Crippen LogP contribution in [-0.4, -0.2) is 66.4 Å². The minimum Gasteiger partial charge on any atom is -0.493 e. The highest BCUT2D eigenvalue weighted by atomic mass is 32.2. The molecule has 0 saturated carbocycles. The Morgan fingerprint density at radius 2 is 1.76 bits per heavy atom. The Morgan fingerprint density at radius 1 is 1.02 bits per heavy atom. The number of amides is 2. The number of H-pyrrole nitrogens is 1. The van der Waals surface area contributed by atoms with Crippen LogP contribution < -0.4 is 35.6 Å². The van der Waals surface area contributed by atoms with Crippen molar-refractivity contribution in [1.82, 2.24) is 20.5 Å². The van der Waals surface area contributed by atoms with Crippen LogP contribution in [0.15, 0.2) is 53.3 Å². The lowest BCUT2D eigenvalue weighted by molar-refractivity contribution is -0.120. The van der Waals surface area contributed by atoms with Gasteiger partial charge in [0.1, 0.15) is 11.9 Å². The standard InChI is InChI=1S/C37H44N6O6S/c1-20(2)35-41-36(43-42-35)22-8-11-24(12-9-22)39-37(46)29(16-17-50-7)40-28-15-13-25-26(19-30(28)45)27(38-21(3)44)14-10-23-18-31(47-4)33(48-5)34(49-6)32(23)25/h8-9,11-13,15,18-20,27,29H,10,14,16-17H2,1-7H3,(H,38,44)(H,39,46)(H,40,45)(H,41,42,43)/t27-,29-/m0/s1. The first-order chi connectivity index (χ1) is 24.1. The van der Waals surface area contributed by atoms with Crippen LogP contribution in [0.3, 0.4) is 0 Å². The maximum absolute atomic E-state index is 13.9. The molecule has 0 saturated heterocycles. The Bertz CT molecular complexity index is 1910. The van der Waals surface area contributed by atoms with E-state index in [2.05, 4.69) is 31.1 Å². The first-order valence-corrected chi connectivity index (χ1v) is 17.8. The van der Waals surface area contributed by atoms with Gasteiger partial charge in [-0.1, -0.05) is 19.9 Å².